The second-order valence-electron chi connectivity index (χ2n) is 4.36. The van der Waals surface area contributed by atoms with E-state index < -0.39 is 17.3 Å². The van der Waals surface area contributed by atoms with Gasteiger partial charge in [-0.3, -0.25) is 4.79 Å². The molecule has 19 heavy (non-hydrogen) atoms. The maximum absolute atomic E-state index is 13.7. The predicted molar refractivity (Wildman–Crippen MR) is 73.6 cm³/mol. The van der Waals surface area contributed by atoms with Gasteiger partial charge in [0.2, 0.25) is 5.91 Å². The highest BCUT2D eigenvalue weighted by atomic mass is 35.5. The lowest BCUT2D eigenvalue weighted by atomic mass is 10.1. The second-order valence-corrected chi connectivity index (χ2v) is 4.36. The number of benzene rings is 1. The molecule has 0 unspecified atom stereocenters. The van der Waals surface area contributed by atoms with Gasteiger partial charge in [-0.2, -0.15) is 0 Å². The first kappa shape index (κ1) is 17.5. The summed E-state index contributed by atoms with van der Waals surface area (Å²) in [4.78, 5) is 11.7. The van der Waals surface area contributed by atoms with Crippen LogP contribution in [-0.2, 0) is 4.79 Å². The van der Waals surface area contributed by atoms with Gasteiger partial charge in [0.05, 0.1) is 25.4 Å². The Bertz CT molecular complexity index is 461. The summed E-state index contributed by atoms with van der Waals surface area (Å²) in [5.74, 6) is -0.539. The lowest BCUT2D eigenvalue weighted by molar-refractivity contribution is -0.120. The van der Waals surface area contributed by atoms with Crippen LogP contribution in [-0.4, -0.2) is 25.7 Å². The van der Waals surface area contributed by atoms with Crippen LogP contribution in [0.1, 0.15) is 13.8 Å². The highest BCUT2D eigenvalue weighted by Crippen LogP contribution is 2.32. The number of ether oxygens (including phenoxy) is 2. The van der Waals surface area contributed by atoms with Crippen molar-refractivity contribution in [3.63, 3.8) is 0 Å². The van der Waals surface area contributed by atoms with Crippen LogP contribution < -0.4 is 20.5 Å². The highest BCUT2D eigenvalue weighted by molar-refractivity contribution is 5.97. The molecule has 0 aliphatic rings. The van der Waals surface area contributed by atoms with Gasteiger partial charge >= 0.3 is 0 Å². The SMILES string of the molecule is COc1cc(F)c(NC(=O)C(C)(C)N)cc1OC.Cl. The zero-order chi connectivity index (χ0) is 13.9. The van der Waals surface area contributed by atoms with Gasteiger partial charge in [-0.15, -0.1) is 12.4 Å². The molecule has 0 saturated heterocycles. The Morgan fingerprint density at radius 1 is 1.26 bits per heavy atom. The molecule has 0 heterocycles. The first-order valence-electron chi connectivity index (χ1n) is 5.31. The molecule has 0 spiro atoms. The summed E-state index contributed by atoms with van der Waals surface area (Å²) in [5.41, 5.74) is 4.51. The monoisotopic (exact) mass is 292 g/mol. The van der Waals surface area contributed by atoms with Gasteiger partial charge in [-0.05, 0) is 13.8 Å². The van der Waals surface area contributed by atoms with Crippen molar-refractivity contribution in [2.45, 2.75) is 19.4 Å². The fraction of sp³-hybridized carbons (Fsp3) is 0.417. The lowest BCUT2D eigenvalue weighted by Gasteiger charge is -2.19. The van der Waals surface area contributed by atoms with Crippen molar-refractivity contribution < 1.29 is 18.7 Å². The minimum Gasteiger partial charge on any atom is -0.493 e. The van der Waals surface area contributed by atoms with Crippen LogP contribution in [0.2, 0.25) is 0 Å². The van der Waals surface area contributed by atoms with E-state index in [4.69, 9.17) is 15.2 Å². The Morgan fingerprint density at radius 2 is 1.74 bits per heavy atom. The number of halogens is 2. The molecule has 0 atom stereocenters. The largest absolute Gasteiger partial charge is 0.493 e. The molecule has 1 aromatic carbocycles. The number of anilines is 1. The van der Waals surface area contributed by atoms with Crippen molar-refractivity contribution in [3.05, 3.63) is 17.9 Å². The first-order chi connectivity index (χ1) is 8.29. The van der Waals surface area contributed by atoms with Gasteiger partial charge in [0, 0.05) is 12.1 Å². The van der Waals surface area contributed by atoms with E-state index in [-0.39, 0.29) is 23.8 Å². The van der Waals surface area contributed by atoms with Gasteiger partial charge in [-0.1, -0.05) is 0 Å². The highest BCUT2D eigenvalue weighted by Gasteiger charge is 2.23. The van der Waals surface area contributed by atoms with Crippen molar-refractivity contribution in [2.24, 2.45) is 5.73 Å². The molecule has 1 rings (SSSR count). The topological polar surface area (TPSA) is 73.6 Å². The van der Waals surface area contributed by atoms with Crippen molar-refractivity contribution in [1.82, 2.24) is 0 Å². The van der Waals surface area contributed by atoms with Gasteiger partial charge in [-0.25, -0.2) is 4.39 Å². The number of carbonyl (C=O) groups excluding carboxylic acids is 1. The molecule has 5 nitrogen and oxygen atoms in total. The third-order valence-electron chi connectivity index (χ3n) is 2.31. The predicted octanol–water partition coefficient (Wildman–Crippen LogP) is 1.94. The summed E-state index contributed by atoms with van der Waals surface area (Å²) in [7, 11) is 2.83. The Kier molecular flexibility index (Phi) is 6.05. The van der Waals surface area contributed by atoms with E-state index in [1.54, 1.807) is 0 Å². The van der Waals surface area contributed by atoms with Crippen LogP contribution in [0.5, 0.6) is 11.5 Å². The van der Waals surface area contributed by atoms with E-state index in [2.05, 4.69) is 5.32 Å². The quantitative estimate of drug-likeness (QED) is 0.889. The normalized spacial score (nSPS) is 10.4. The maximum Gasteiger partial charge on any atom is 0.243 e. The summed E-state index contributed by atoms with van der Waals surface area (Å²) in [6.45, 7) is 3.06. The molecule has 7 heteroatoms. The third-order valence-corrected chi connectivity index (χ3v) is 2.31. The fourth-order valence-corrected chi connectivity index (χ4v) is 1.23. The molecular formula is C12H18ClFN2O3. The zero-order valence-electron chi connectivity index (χ0n) is 11.2. The standard InChI is InChI=1S/C12H17FN2O3.ClH/c1-12(2,14)11(16)15-8-6-10(18-4)9(17-3)5-7(8)13;/h5-6H,14H2,1-4H3,(H,15,16);1H. The molecule has 0 aliphatic heterocycles. The summed E-state index contributed by atoms with van der Waals surface area (Å²) in [6, 6.07) is 2.48. The number of nitrogens with one attached hydrogen (secondary N) is 1. The number of hydrogen-bond acceptors (Lipinski definition) is 4. The number of carbonyl (C=O) groups is 1. The van der Waals surface area contributed by atoms with Gasteiger partial charge in [0.25, 0.3) is 0 Å². The minimum atomic E-state index is -1.10. The average Bonchev–Trinajstić information content (AvgIpc) is 2.29. The molecule has 0 radical (unpaired) electrons. The number of hydrogen-bond donors (Lipinski definition) is 2. The van der Waals surface area contributed by atoms with E-state index in [1.165, 1.54) is 34.1 Å². The van der Waals surface area contributed by atoms with Crippen LogP contribution in [0.4, 0.5) is 10.1 Å². The Labute approximate surface area is 117 Å². The molecule has 0 aromatic heterocycles. The Balaban J connectivity index is 0.00000324. The zero-order valence-corrected chi connectivity index (χ0v) is 12.1. The van der Waals surface area contributed by atoms with Crippen molar-refractivity contribution in [2.75, 3.05) is 19.5 Å². The Morgan fingerprint density at radius 3 is 2.16 bits per heavy atom. The summed E-state index contributed by atoms with van der Waals surface area (Å²) in [5, 5.41) is 2.40. The summed E-state index contributed by atoms with van der Waals surface area (Å²) in [6.07, 6.45) is 0. The summed E-state index contributed by atoms with van der Waals surface area (Å²) >= 11 is 0. The smallest absolute Gasteiger partial charge is 0.243 e. The van der Waals surface area contributed by atoms with E-state index in [9.17, 15) is 9.18 Å². The molecule has 3 N–H and O–H groups in total. The van der Waals surface area contributed by atoms with Crippen molar-refractivity contribution in [3.8, 4) is 11.5 Å². The van der Waals surface area contributed by atoms with Crippen molar-refractivity contribution in [1.29, 1.82) is 0 Å². The van der Waals surface area contributed by atoms with E-state index in [1.807, 2.05) is 0 Å². The number of amides is 1. The average molecular weight is 293 g/mol. The molecule has 0 bridgehead atoms. The van der Waals surface area contributed by atoms with Gasteiger partial charge < -0.3 is 20.5 Å². The molecule has 0 fully saturated rings. The van der Waals surface area contributed by atoms with Crippen molar-refractivity contribution >= 4 is 24.0 Å². The molecule has 1 aromatic rings. The van der Waals surface area contributed by atoms with Crippen LogP contribution in [0.25, 0.3) is 0 Å². The second kappa shape index (κ2) is 6.58. The van der Waals surface area contributed by atoms with Gasteiger partial charge in [0.1, 0.15) is 0 Å². The molecule has 108 valence electrons. The molecule has 0 aliphatic carbocycles. The van der Waals surface area contributed by atoms with E-state index in [0.29, 0.717) is 5.75 Å². The fourth-order valence-electron chi connectivity index (χ4n) is 1.23. The summed E-state index contributed by atoms with van der Waals surface area (Å²) < 4.78 is 23.7. The third kappa shape index (κ3) is 4.25. The van der Waals surface area contributed by atoms with E-state index in [0.717, 1.165) is 6.07 Å². The van der Waals surface area contributed by atoms with Crippen LogP contribution in [0.3, 0.4) is 0 Å². The number of methoxy groups -OCH3 is 2. The first-order valence-corrected chi connectivity index (χ1v) is 5.31. The number of nitrogens with two attached hydrogens (primary N) is 1. The maximum atomic E-state index is 13.7. The molecular weight excluding hydrogens is 275 g/mol. The minimum absolute atomic E-state index is 0. The van der Waals surface area contributed by atoms with Crippen LogP contribution >= 0.6 is 12.4 Å². The molecule has 1 amide bonds. The number of rotatable bonds is 4. The van der Waals surface area contributed by atoms with Crippen LogP contribution in [0, 0.1) is 5.82 Å². The van der Waals surface area contributed by atoms with Gasteiger partial charge in [0.15, 0.2) is 17.3 Å². The lowest BCUT2D eigenvalue weighted by Crippen LogP contribution is -2.45. The molecule has 0 saturated carbocycles. The van der Waals surface area contributed by atoms with Crippen LogP contribution in [0.15, 0.2) is 12.1 Å². The van der Waals surface area contributed by atoms with E-state index >= 15 is 0 Å². The Hall–Kier alpha value is -1.53.